The summed E-state index contributed by atoms with van der Waals surface area (Å²) in [6.45, 7) is 4.83. The van der Waals surface area contributed by atoms with E-state index in [1.807, 2.05) is 0 Å². The summed E-state index contributed by atoms with van der Waals surface area (Å²) in [4.78, 5) is 24.6. The van der Waals surface area contributed by atoms with Gasteiger partial charge in [0, 0.05) is 7.05 Å². The molecule has 8 nitrogen and oxygen atoms in total. The lowest BCUT2D eigenvalue weighted by atomic mass is 10.2. The Bertz CT molecular complexity index is 695. The van der Waals surface area contributed by atoms with Crippen LogP contribution < -0.4 is 10.5 Å². The Morgan fingerprint density at radius 2 is 1.83 bits per heavy atom. The molecule has 0 saturated carbocycles. The first-order valence-electron chi connectivity index (χ1n) is 6.76. The first-order valence-corrected chi connectivity index (χ1v) is 8.30. The minimum Gasteiger partial charge on any atom is -0.444 e. The number of amides is 2. The minimum atomic E-state index is -3.97. The summed E-state index contributed by atoms with van der Waals surface area (Å²) < 4.78 is 28.0. The molecular formula is C14H21N3O5S. The second kappa shape index (κ2) is 6.97. The van der Waals surface area contributed by atoms with E-state index in [0.29, 0.717) is 0 Å². The molecule has 0 atom stereocenters. The smallest absolute Gasteiger partial charge is 0.410 e. The lowest BCUT2D eigenvalue weighted by molar-refractivity contribution is -0.117. The maximum absolute atomic E-state index is 12.0. The van der Waals surface area contributed by atoms with Gasteiger partial charge in [-0.15, -0.1) is 0 Å². The van der Waals surface area contributed by atoms with E-state index in [4.69, 9.17) is 9.88 Å². The monoisotopic (exact) mass is 343 g/mol. The average Bonchev–Trinajstić information content (AvgIpc) is 2.35. The van der Waals surface area contributed by atoms with E-state index in [2.05, 4.69) is 5.32 Å². The third-order valence-electron chi connectivity index (χ3n) is 2.55. The van der Waals surface area contributed by atoms with E-state index >= 15 is 0 Å². The van der Waals surface area contributed by atoms with Gasteiger partial charge in [0.25, 0.3) is 0 Å². The summed E-state index contributed by atoms with van der Waals surface area (Å²) in [6, 6.07) is 5.73. The lowest BCUT2D eigenvalue weighted by Crippen LogP contribution is -2.39. The van der Waals surface area contributed by atoms with Crippen molar-refractivity contribution < 1.29 is 22.7 Å². The average molecular weight is 343 g/mol. The number of hydrogen-bond acceptors (Lipinski definition) is 5. The number of rotatable bonds is 4. The third kappa shape index (κ3) is 6.25. The Labute approximate surface area is 135 Å². The minimum absolute atomic E-state index is 0.0533. The Morgan fingerprint density at radius 1 is 1.26 bits per heavy atom. The van der Waals surface area contributed by atoms with Gasteiger partial charge in [-0.05, 0) is 32.9 Å². The highest BCUT2D eigenvalue weighted by Crippen LogP contribution is 2.19. The summed E-state index contributed by atoms with van der Waals surface area (Å²) in [5.74, 6) is -0.575. The summed E-state index contributed by atoms with van der Waals surface area (Å²) in [5, 5.41) is 7.51. The lowest BCUT2D eigenvalue weighted by Gasteiger charge is -2.24. The fourth-order valence-electron chi connectivity index (χ4n) is 1.63. The van der Waals surface area contributed by atoms with Crippen LogP contribution in [0, 0.1) is 0 Å². The van der Waals surface area contributed by atoms with Crippen molar-refractivity contribution in [2.45, 2.75) is 31.3 Å². The molecule has 0 aromatic heterocycles. The molecule has 0 radical (unpaired) electrons. The van der Waals surface area contributed by atoms with Gasteiger partial charge >= 0.3 is 6.09 Å². The third-order valence-corrected chi connectivity index (χ3v) is 3.52. The van der Waals surface area contributed by atoms with Crippen molar-refractivity contribution >= 4 is 27.7 Å². The quantitative estimate of drug-likeness (QED) is 0.849. The predicted molar refractivity (Wildman–Crippen MR) is 85.3 cm³/mol. The van der Waals surface area contributed by atoms with Crippen LogP contribution in [0.25, 0.3) is 0 Å². The molecular weight excluding hydrogens is 322 g/mol. The van der Waals surface area contributed by atoms with E-state index in [0.717, 1.165) is 4.90 Å². The highest BCUT2D eigenvalue weighted by molar-refractivity contribution is 7.89. The molecule has 0 aliphatic rings. The van der Waals surface area contributed by atoms with Crippen LogP contribution in [-0.4, -0.2) is 44.5 Å². The number of nitrogens with zero attached hydrogens (tertiary/aromatic N) is 1. The molecule has 0 heterocycles. The van der Waals surface area contributed by atoms with Crippen molar-refractivity contribution in [3.8, 4) is 0 Å². The van der Waals surface area contributed by atoms with Crippen LogP contribution in [0.2, 0.25) is 0 Å². The van der Waals surface area contributed by atoms with Gasteiger partial charge in [-0.25, -0.2) is 18.4 Å². The van der Waals surface area contributed by atoms with Crippen molar-refractivity contribution in [1.29, 1.82) is 0 Å². The summed E-state index contributed by atoms with van der Waals surface area (Å²) in [6.07, 6.45) is -0.660. The van der Waals surface area contributed by atoms with Gasteiger partial charge in [0.15, 0.2) is 0 Å². The van der Waals surface area contributed by atoms with Crippen LogP contribution in [-0.2, 0) is 19.6 Å². The molecule has 0 aliphatic heterocycles. The SMILES string of the molecule is CN(CC(=O)Nc1ccccc1S(N)(=O)=O)C(=O)OC(C)(C)C. The van der Waals surface area contributed by atoms with Gasteiger partial charge in [0.05, 0.1) is 5.69 Å². The van der Waals surface area contributed by atoms with Gasteiger partial charge in [0.1, 0.15) is 17.0 Å². The fourth-order valence-corrected chi connectivity index (χ4v) is 2.32. The van der Waals surface area contributed by atoms with Crippen molar-refractivity contribution in [3.63, 3.8) is 0 Å². The molecule has 2 amide bonds. The van der Waals surface area contributed by atoms with Crippen molar-refractivity contribution in [2.24, 2.45) is 5.14 Å². The number of carbonyl (C=O) groups excluding carboxylic acids is 2. The Morgan fingerprint density at radius 3 is 2.35 bits per heavy atom. The summed E-state index contributed by atoms with van der Waals surface area (Å²) in [7, 11) is -2.57. The van der Waals surface area contributed by atoms with E-state index in [1.54, 1.807) is 26.8 Å². The number of nitrogens with two attached hydrogens (primary N) is 1. The van der Waals surface area contributed by atoms with Crippen LogP contribution in [0.3, 0.4) is 0 Å². The van der Waals surface area contributed by atoms with E-state index in [1.165, 1.54) is 25.2 Å². The number of anilines is 1. The van der Waals surface area contributed by atoms with E-state index < -0.39 is 27.6 Å². The van der Waals surface area contributed by atoms with Gasteiger partial charge in [0.2, 0.25) is 15.9 Å². The second-order valence-corrected chi connectivity index (χ2v) is 7.46. The van der Waals surface area contributed by atoms with Crippen LogP contribution in [0.4, 0.5) is 10.5 Å². The van der Waals surface area contributed by atoms with Crippen molar-refractivity contribution in [1.82, 2.24) is 4.90 Å². The van der Waals surface area contributed by atoms with Crippen LogP contribution in [0.15, 0.2) is 29.2 Å². The number of ether oxygens (including phenoxy) is 1. The number of sulfonamides is 1. The van der Waals surface area contributed by atoms with Crippen LogP contribution in [0.1, 0.15) is 20.8 Å². The normalized spacial score (nSPS) is 11.7. The number of benzene rings is 1. The number of carbonyl (C=O) groups is 2. The van der Waals surface area contributed by atoms with Gasteiger partial charge in [-0.3, -0.25) is 4.79 Å². The van der Waals surface area contributed by atoms with Crippen molar-refractivity contribution in [3.05, 3.63) is 24.3 Å². The number of para-hydroxylation sites is 1. The number of hydrogen-bond donors (Lipinski definition) is 2. The Balaban J connectivity index is 2.77. The van der Waals surface area contributed by atoms with Gasteiger partial charge in [-0.1, -0.05) is 12.1 Å². The molecule has 9 heteroatoms. The highest BCUT2D eigenvalue weighted by Gasteiger charge is 2.22. The maximum atomic E-state index is 12.0. The zero-order valence-electron chi connectivity index (χ0n) is 13.5. The largest absolute Gasteiger partial charge is 0.444 e. The molecule has 1 aromatic carbocycles. The molecule has 0 aliphatic carbocycles. The number of nitrogens with one attached hydrogen (secondary N) is 1. The zero-order valence-corrected chi connectivity index (χ0v) is 14.3. The molecule has 0 unspecified atom stereocenters. The molecule has 128 valence electrons. The van der Waals surface area contributed by atoms with Gasteiger partial charge in [-0.2, -0.15) is 0 Å². The molecule has 0 spiro atoms. The Kier molecular flexibility index (Phi) is 5.73. The molecule has 1 aromatic rings. The first-order chi connectivity index (χ1) is 10.4. The number of likely N-dealkylation sites (N-methyl/N-ethyl adjacent to an activating group) is 1. The van der Waals surface area contributed by atoms with Crippen molar-refractivity contribution in [2.75, 3.05) is 18.9 Å². The van der Waals surface area contributed by atoms with Crippen LogP contribution in [0.5, 0.6) is 0 Å². The second-order valence-electron chi connectivity index (χ2n) is 5.93. The summed E-state index contributed by atoms with van der Waals surface area (Å²) >= 11 is 0. The fraction of sp³-hybridized carbons (Fsp3) is 0.429. The van der Waals surface area contributed by atoms with E-state index in [9.17, 15) is 18.0 Å². The molecule has 23 heavy (non-hydrogen) atoms. The molecule has 0 bridgehead atoms. The van der Waals surface area contributed by atoms with Crippen LogP contribution >= 0.6 is 0 Å². The topological polar surface area (TPSA) is 119 Å². The number of primary sulfonamides is 1. The van der Waals surface area contributed by atoms with E-state index in [-0.39, 0.29) is 17.1 Å². The predicted octanol–water partition coefficient (Wildman–Crippen LogP) is 1.14. The Hall–Kier alpha value is -2.13. The maximum Gasteiger partial charge on any atom is 0.410 e. The first kappa shape index (κ1) is 18.9. The highest BCUT2D eigenvalue weighted by atomic mass is 32.2. The zero-order chi connectivity index (χ0) is 17.8. The standard InChI is InChI=1S/C14H21N3O5S/c1-14(2,3)22-13(19)17(4)9-12(18)16-10-7-5-6-8-11(10)23(15,20)21/h5-8H,9H2,1-4H3,(H,16,18)(H2,15,20,21). The molecule has 0 fully saturated rings. The molecule has 3 N–H and O–H groups in total. The van der Waals surface area contributed by atoms with Gasteiger partial charge < -0.3 is 15.0 Å². The molecule has 1 rings (SSSR count). The molecule has 0 saturated heterocycles. The summed E-state index contributed by atoms with van der Waals surface area (Å²) in [5.41, 5.74) is -0.625.